The van der Waals surface area contributed by atoms with Gasteiger partial charge < -0.3 is 10.1 Å². The van der Waals surface area contributed by atoms with Crippen LogP contribution in [-0.4, -0.2) is 41.5 Å². The van der Waals surface area contributed by atoms with Crippen LogP contribution in [0.1, 0.15) is 18.7 Å². The molecular weight excluding hydrogens is 192 g/mol. The van der Waals surface area contributed by atoms with Gasteiger partial charge in [0.25, 0.3) is 0 Å². The van der Waals surface area contributed by atoms with Crippen LogP contribution in [0, 0.1) is 5.92 Å². The van der Waals surface area contributed by atoms with E-state index in [9.17, 15) is 0 Å². The van der Waals surface area contributed by atoms with E-state index in [1.807, 2.05) is 0 Å². The summed E-state index contributed by atoms with van der Waals surface area (Å²) in [5.41, 5.74) is 0. The van der Waals surface area contributed by atoms with Crippen LogP contribution in [0.5, 0.6) is 0 Å². The summed E-state index contributed by atoms with van der Waals surface area (Å²) in [6, 6.07) is 0. The predicted octanol–water partition coefficient (Wildman–Crippen LogP) is 0.363. The fourth-order valence-electron chi connectivity index (χ4n) is 1.81. The molecule has 1 aliphatic rings. The lowest BCUT2D eigenvalue weighted by atomic mass is 10.0. The summed E-state index contributed by atoms with van der Waals surface area (Å²) in [5.74, 6) is 1.74. The third-order valence-electron chi connectivity index (χ3n) is 2.78. The van der Waals surface area contributed by atoms with Crippen LogP contribution in [0.3, 0.4) is 0 Å². The number of hydrogen-bond acceptors (Lipinski definition) is 4. The zero-order valence-corrected chi connectivity index (χ0v) is 8.91. The maximum atomic E-state index is 5.31. The predicted molar refractivity (Wildman–Crippen MR) is 56.5 cm³/mol. The third-order valence-corrected chi connectivity index (χ3v) is 2.78. The van der Waals surface area contributed by atoms with Crippen molar-refractivity contribution in [3.8, 4) is 0 Å². The number of nitrogens with one attached hydrogen (secondary N) is 2. The van der Waals surface area contributed by atoms with Gasteiger partial charge >= 0.3 is 0 Å². The molecule has 2 rings (SSSR count). The molecule has 15 heavy (non-hydrogen) atoms. The van der Waals surface area contributed by atoms with Crippen LogP contribution >= 0.6 is 0 Å². The van der Waals surface area contributed by atoms with Crippen molar-refractivity contribution in [2.75, 3.05) is 26.3 Å². The Bertz CT molecular complexity index is 256. The Morgan fingerprint density at radius 1 is 1.47 bits per heavy atom. The van der Waals surface area contributed by atoms with Gasteiger partial charge in [0.1, 0.15) is 12.2 Å². The van der Waals surface area contributed by atoms with E-state index >= 15 is 0 Å². The van der Waals surface area contributed by atoms with Crippen molar-refractivity contribution in [1.82, 2.24) is 20.5 Å². The molecule has 0 saturated carbocycles. The summed E-state index contributed by atoms with van der Waals surface area (Å²) in [6.45, 7) is 3.91. The van der Waals surface area contributed by atoms with E-state index in [0.29, 0.717) is 0 Å². The molecule has 0 amide bonds. The first-order valence-corrected chi connectivity index (χ1v) is 5.58. The summed E-state index contributed by atoms with van der Waals surface area (Å²) < 4.78 is 5.31. The first kappa shape index (κ1) is 10.6. The third kappa shape index (κ3) is 3.60. The Balaban J connectivity index is 1.54. The zero-order chi connectivity index (χ0) is 10.3. The highest BCUT2D eigenvalue weighted by atomic mass is 16.5. The molecule has 1 aliphatic heterocycles. The zero-order valence-electron chi connectivity index (χ0n) is 8.91. The minimum atomic E-state index is 0.786. The number of aromatic amines is 1. The molecule has 0 aromatic carbocycles. The number of hydrogen-bond donors (Lipinski definition) is 2. The van der Waals surface area contributed by atoms with Gasteiger partial charge in [-0.3, -0.25) is 5.10 Å². The second kappa shape index (κ2) is 5.82. The van der Waals surface area contributed by atoms with Gasteiger partial charge in [0.15, 0.2) is 0 Å². The van der Waals surface area contributed by atoms with E-state index in [-0.39, 0.29) is 0 Å². The second-order valence-electron chi connectivity index (χ2n) is 3.94. The summed E-state index contributed by atoms with van der Waals surface area (Å²) in [7, 11) is 0. The Labute approximate surface area is 89.6 Å². The van der Waals surface area contributed by atoms with Gasteiger partial charge in [-0.2, -0.15) is 5.10 Å². The molecule has 1 aromatic rings. The van der Waals surface area contributed by atoms with E-state index in [0.717, 1.165) is 44.5 Å². The molecule has 0 atom stereocenters. The first-order chi connectivity index (χ1) is 7.45. The van der Waals surface area contributed by atoms with Crippen LogP contribution in [0.2, 0.25) is 0 Å². The minimum Gasteiger partial charge on any atom is -0.381 e. The van der Waals surface area contributed by atoms with Gasteiger partial charge in [-0.1, -0.05) is 0 Å². The topological polar surface area (TPSA) is 62.8 Å². The highest BCUT2D eigenvalue weighted by Gasteiger charge is 2.12. The molecule has 5 heteroatoms. The summed E-state index contributed by atoms with van der Waals surface area (Å²) in [6.07, 6.45) is 4.85. The molecule has 0 radical (unpaired) electrons. The lowest BCUT2D eigenvalue weighted by molar-refractivity contribution is 0.0664. The molecule has 2 heterocycles. The summed E-state index contributed by atoms with van der Waals surface area (Å²) in [4.78, 5) is 4.07. The molecule has 0 unspecified atom stereocenters. The Kier molecular flexibility index (Phi) is 4.11. The normalized spacial score (nSPS) is 18.1. The van der Waals surface area contributed by atoms with Crippen molar-refractivity contribution >= 4 is 0 Å². The maximum absolute atomic E-state index is 5.31. The largest absolute Gasteiger partial charge is 0.381 e. The first-order valence-electron chi connectivity index (χ1n) is 5.58. The molecule has 2 N–H and O–H groups in total. The van der Waals surface area contributed by atoms with Gasteiger partial charge in [-0.05, 0) is 25.3 Å². The lowest BCUT2D eigenvalue weighted by Crippen LogP contribution is -2.29. The van der Waals surface area contributed by atoms with Crippen molar-refractivity contribution in [3.63, 3.8) is 0 Å². The molecule has 1 aromatic heterocycles. The summed E-state index contributed by atoms with van der Waals surface area (Å²) in [5, 5.41) is 10.1. The van der Waals surface area contributed by atoms with Gasteiger partial charge in [-0.15, -0.1) is 0 Å². The number of ether oxygens (including phenoxy) is 1. The van der Waals surface area contributed by atoms with Gasteiger partial charge in [-0.25, -0.2) is 4.98 Å². The van der Waals surface area contributed by atoms with E-state index in [1.165, 1.54) is 12.8 Å². The molecule has 5 nitrogen and oxygen atoms in total. The van der Waals surface area contributed by atoms with Crippen molar-refractivity contribution in [1.29, 1.82) is 0 Å². The average Bonchev–Trinajstić information content (AvgIpc) is 2.79. The minimum absolute atomic E-state index is 0.786. The highest BCUT2D eigenvalue weighted by Crippen LogP contribution is 2.12. The Morgan fingerprint density at radius 2 is 2.33 bits per heavy atom. The molecular formula is C10H18N4O. The van der Waals surface area contributed by atoms with Crippen LogP contribution in [0.25, 0.3) is 0 Å². The highest BCUT2D eigenvalue weighted by molar-refractivity contribution is 4.80. The van der Waals surface area contributed by atoms with Gasteiger partial charge in [0.05, 0.1) is 0 Å². The fourth-order valence-corrected chi connectivity index (χ4v) is 1.81. The van der Waals surface area contributed by atoms with Crippen LogP contribution < -0.4 is 5.32 Å². The van der Waals surface area contributed by atoms with Crippen molar-refractivity contribution < 1.29 is 4.74 Å². The second-order valence-corrected chi connectivity index (χ2v) is 3.94. The van der Waals surface area contributed by atoms with Crippen LogP contribution in [0.15, 0.2) is 6.33 Å². The van der Waals surface area contributed by atoms with Crippen molar-refractivity contribution in [3.05, 3.63) is 12.2 Å². The average molecular weight is 210 g/mol. The van der Waals surface area contributed by atoms with Crippen LogP contribution in [0.4, 0.5) is 0 Å². The number of rotatable bonds is 5. The van der Waals surface area contributed by atoms with Gasteiger partial charge in [0.2, 0.25) is 0 Å². The standard InChI is InChI=1S/C10H18N4O/c1(10-12-8-13-14-10)4-11-7-9-2-5-15-6-3-9/h8-9,11H,1-7H2,(H,12,13,14). The van der Waals surface area contributed by atoms with E-state index in [1.54, 1.807) is 6.33 Å². The quantitative estimate of drug-likeness (QED) is 0.689. The smallest absolute Gasteiger partial charge is 0.137 e. The van der Waals surface area contributed by atoms with Crippen LogP contribution in [-0.2, 0) is 11.2 Å². The van der Waals surface area contributed by atoms with Gasteiger partial charge in [0, 0.05) is 26.2 Å². The molecule has 1 saturated heterocycles. The van der Waals surface area contributed by atoms with E-state index in [4.69, 9.17) is 4.74 Å². The fraction of sp³-hybridized carbons (Fsp3) is 0.800. The summed E-state index contributed by atoms with van der Waals surface area (Å²) >= 11 is 0. The number of H-pyrrole nitrogens is 1. The molecule has 0 spiro atoms. The maximum Gasteiger partial charge on any atom is 0.137 e. The Morgan fingerprint density at radius 3 is 3.07 bits per heavy atom. The van der Waals surface area contributed by atoms with E-state index in [2.05, 4.69) is 20.5 Å². The molecule has 1 fully saturated rings. The Hall–Kier alpha value is -0.940. The molecule has 0 bridgehead atoms. The monoisotopic (exact) mass is 210 g/mol. The molecule has 84 valence electrons. The number of nitrogens with zero attached hydrogens (tertiary/aromatic N) is 2. The lowest BCUT2D eigenvalue weighted by Gasteiger charge is -2.22. The van der Waals surface area contributed by atoms with Crippen molar-refractivity contribution in [2.45, 2.75) is 19.3 Å². The van der Waals surface area contributed by atoms with Crippen molar-refractivity contribution in [2.24, 2.45) is 5.92 Å². The SMILES string of the molecule is c1n[nH]c(CCNCC2CCOCC2)n1. The van der Waals surface area contributed by atoms with E-state index < -0.39 is 0 Å². The number of aromatic nitrogens is 3. The molecule has 0 aliphatic carbocycles.